The highest BCUT2D eigenvalue weighted by molar-refractivity contribution is 9.11. The summed E-state index contributed by atoms with van der Waals surface area (Å²) in [6.07, 6.45) is 4.31. The van der Waals surface area contributed by atoms with Gasteiger partial charge in [0.05, 0.1) is 7.11 Å². The van der Waals surface area contributed by atoms with Crippen molar-refractivity contribution in [2.24, 2.45) is 0 Å². The summed E-state index contributed by atoms with van der Waals surface area (Å²) >= 11 is 3.52. The predicted octanol–water partition coefficient (Wildman–Crippen LogP) is 3.38. The minimum atomic E-state index is 1.01. The van der Waals surface area contributed by atoms with Crippen molar-refractivity contribution in [3.63, 3.8) is 0 Å². The number of halogens is 1. The summed E-state index contributed by atoms with van der Waals surface area (Å²) in [5.74, 6) is 1.01. The van der Waals surface area contributed by atoms with Crippen LogP contribution in [0.3, 0.4) is 0 Å². The highest BCUT2D eigenvalue weighted by Gasteiger charge is 2.12. The summed E-state index contributed by atoms with van der Waals surface area (Å²) in [6.45, 7) is 0. The van der Waals surface area contributed by atoms with Crippen LogP contribution in [0.4, 0.5) is 0 Å². The first-order valence-electron chi connectivity index (χ1n) is 4.33. The monoisotopic (exact) mass is 238 g/mol. The van der Waals surface area contributed by atoms with Gasteiger partial charge >= 0.3 is 0 Å². The molecule has 1 nitrogen and oxygen atoms in total. The van der Waals surface area contributed by atoms with Gasteiger partial charge in [0.15, 0.2) is 0 Å². The minimum Gasteiger partial charge on any atom is -0.496 e. The quantitative estimate of drug-likeness (QED) is 0.729. The van der Waals surface area contributed by atoms with Crippen LogP contribution in [0.2, 0.25) is 0 Å². The van der Waals surface area contributed by atoms with Crippen molar-refractivity contribution in [2.75, 3.05) is 7.11 Å². The average Bonchev–Trinajstić information content (AvgIpc) is 2.16. The molecule has 0 amide bonds. The Bertz CT molecular complexity index is 355. The molecule has 2 rings (SSSR count). The molecular formula is C11H11BrO. The molecule has 13 heavy (non-hydrogen) atoms. The summed E-state index contributed by atoms with van der Waals surface area (Å²) < 4.78 is 6.57. The van der Waals surface area contributed by atoms with E-state index in [-0.39, 0.29) is 0 Å². The van der Waals surface area contributed by atoms with Crippen molar-refractivity contribution in [1.29, 1.82) is 0 Å². The van der Waals surface area contributed by atoms with Crippen LogP contribution in [0, 0.1) is 0 Å². The van der Waals surface area contributed by atoms with Crippen molar-refractivity contribution in [1.82, 2.24) is 0 Å². The van der Waals surface area contributed by atoms with Gasteiger partial charge in [-0.2, -0.15) is 0 Å². The van der Waals surface area contributed by atoms with Crippen molar-refractivity contribution in [3.8, 4) is 5.75 Å². The van der Waals surface area contributed by atoms with E-state index in [1.807, 2.05) is 12.1 Å². The van der Waals surface area contributed by atoms with Gasteiger partial charge in [0, 0.05) is 5.56 Å². The first-order chi connectivity index (χ1) is 6.31. The lowest BCUT2D eigenvalue weighted by molar-refractivity contribution is 0.409. The normalized spacial score (nSPS) is 14.8. The number of allylic oxidation sites excluding steroid dienone is 1. The summed E-state index contributed by atoms with van der Waals surface area (Å²) in [5.41, 5.74) is 2.60. The third kappa shape index (κ3) is 1.63. The zero-order valence-corrected chi connectivity index (χ0v) is 9.10. The number of hydrogen-bond acceptors (Lipinski definition) is 1. The lowest BCUT2D eigenvalue weighted by atomic mass is 9.96. The standard InChI is InChI=1S/C11H11BrO/c1-13-11-4-2-3-8-7-9(12)5-6-10(8)11/h2-4,7H,5-6H2,1H3. The molecule has 1 aromatic carbocycles. The fraction of sp³-hybridized carbons (Fsp3) is 0.273. The topological polar surface area (TPSA) is 9.23 Å². The molecule has 0 N–H and O–H groups in total. The summed E-state index contributed by atoms with van der Waals surface area (Å²) in [6, 6.07) is 6.17. The molecule has 0 aliphatic heterocycles. The van der Waals surface area contributed by atoms with E-state index in [0.29, 0.717) is 0 Å². The molecule has 0 heterocycles. The highest BCUT2D eigenvalue weighted by atomic mass is 79.9. The summed E-state index contributed by atoms with van der Waals surface area (Å²) in [5, 5.41) is 0. The van der Waals surface area contributed by atoms with Crippen molar-refractivity contribution in [2.45, 2.75) is 12.8 Å². The lowest BCUT2D eigenvalue weighted by Crippen LogP contribution is -1.99. The van der Waals surface area contributed by atoms with E-state index in [9.17, 15) is 0 Å². The number of fused-ring (bicyclic) bond motifs is 1. The molecule has 2 heteroatoms. The van der Waals surface area contributed by atoms with Crippen LogP contribution in [0.25, 0.3) is 6.08 Å². The molecule has 1 aliphatic rings. The maximum Gasteiger partial charge on any atom is 0.122 e. The molecule has 0 unspecified atom stereocenters. The first-order valence-corrected chi connectivity index (χ1v) is 5.12. The summed E-state index contributed by atoms with van der Waals surface area (Å²) in [7, 11) is 1.73. The smallest absolute Gasteiger partial charge is 0.122 e. The van der Waals surface area contributed by atoms with E-state index in [4.69, 9.17) is 4.74 Å². The third-order valence-electron chi connectivity index (χ3n) is 2.32. The molecule has 1 aliphatic carbocycles. The van der Waals surface area contributed by atoms with Gasteiger partial charge in [-0.25, -0.2) is 0 Å². The van der Waals surface area contributed by atoms with Crippen LogP contribution in [-0.4, -0.2) is 7.11 Å². The van der Waals surface area contributed by atoms with E-state index in [1.54, 1.807) is 7.11 Å². The fourth-order valence-corrected chi connectivity index (χ4v) is 2.11. The Kier molecular flexibility index (Phi) is 2.40. The van der Waals surface area contributed by atoms with Gasteiger partial charge in [-0.15, -0.1) is 0 Å². The number of methoxy groups -OCH3 is 1. The Balaban J connectivity index is 2.52. The van der Waals surface area contributed by atoms with Crippen LogP contribution in [-0.2, 0) is 6.42 Å². The van der Waals surface area contributed by atoms with Crippen molar-refractivity contribution >= 4 is 22.0 Å². The Morgan fingerprint density at radius 3 is 2.92 bits per heavy atom. The number of ether oxygens (including phenoxy) is 1. The van der Waals surface area contributed by atoms with Gasteiger partial charge in [0.1, 0.15) is 5.75 Å². The largest absolute Gasteiger partial charge is 0.496 e. The predicted molar refractivity (Wildman–Crippen MR) is 58.2 cm³/mol. The van der Waals surface area contributed by atoms with E-state index >= 15 is 0 Å². The van der Waals surface area contributed by atoms with Gasteiger partial charge in [0.25, 0.3) is 0 Å². The van der Waals surface area contributed by atoms with Crippen molar-refractivity contribution < 1.29 is 4.74 Å². The molecule has 0 saturated heterocycles. The Morgan fingerprint density at radius 2 is 2.15 bits per heavy atom. The molecule has 0 saturated carbocycles. The van der Waals surface area contributed by atoms with Crippen LogP contribution in [0.5, 0.6) is 5.75 Å². The van der Waals surface area contributed by atoms with Gasteiger partial charge in [-0.3, -0.25) is 0 Å². The molecule has 68 valence electrons. The number of benzene rings is 1. The highest BCUT2D eigenvalue weighted by Crippen LogP contribution is 2.32. The summed E-state index contributed by atoms with van der Waals surface area (Å²) in [4.78, 5) is 0. The maximum atomic E-state index is 5.30. The maximum absolute atomic E-state index is 5.30. The Labute approximate surface area is 86.5 Å². The Morgan fingerprint density at radius 1 is 1.31 bits per heavy atom. The van der Waals surface area contributed by atoms with Gasteiger partial charge in [-0.05, 0) is 35.0 Å². The van der Waals surface area contributed by atoms with Crippen LogP contribution >= 0.6 is 15.9 Å². The van der Waals surface area contributed by atoms with Gasteiger partial charge in [0.2, 0.25) is 0 Å². The van der Waals surface area contributed by atoms with Gasteiger partial charge < -0.3 is 4.74 Å². The minimum absolute atomic E-state index is 1.01. The Hall–Kier alpha value is -0.760. The molecular weight excluding hydrogens is 228 g/mol. The molecule has 0 fully saturated rings. The number of hydrogen-bond donors (Lipinski definition) is 0. The first kappa shape index (κ1) is 8.82. The van der Waals surface area contributed by atoms with E-state index in [0.717, 1.165) is 18.6 Å². The molecule has 0 aromatic heterocycles. The second-order valence-electron chi connectivity index (χ2n) is 3.12. The molecule has 0 atom stereocenters. The number of rotatable bonds is 1. The lowest BCUT2D eigenvalue weighted by Gasteiger charge is -2.15. The zero-order valence-electron chi connectivity index (χ0n) is 7.51. The van der Waals surface area contributed by atoms with E-state index < -0.39 is 0 Å². The fourth-order valence-electron chi connectivity index (χ4n) is 1.66. The average molecular weight is 239 g/mol. The van der Waals surface area contributed by atoms with E-state index in [1.165, 1.54) is 15.6 Å². The second kappa shape index (κ2) is 3.54. The van der Waals surface area contributed by atoms with Gasteiger partial charge in [-0.1, -0.05) is 28.1 Å². The molecule has 1 aromatic rings. The van der Waals surface area contributed by atoms with Crippen LogP contribution in [0.1, 0.15) is 17.5 Å². The molecule has 0 radical (unpaired) electrons. The van der Waals surface area contributed by atoms with Crippen LogP contribution < -0.4 is 4.74 Å². The zero-order chi connectivity index (χ0) is 9.26. The SMILES string of the molecule is COc1cccc2c1CCC(Br)=C2. The van der Waals surface area contributed by atoms with Crippen LogP contribution in [0.15, 0.2) is 22.7 Å². The molecule has 0 bridgehead atoms. The van der Waals surface area contributed by atoms with E-state index in [2.05, 4.69) is 28.1 Å². The second-order valence-corrected chi connectivity index (χ2v) is 4.14. The van der Waals surface area contributed by atoms with Crippen molar-refractivity contribution in [3.05, 3.63) is 33.8 Å². The molecule has 0 spiro atoms. The third-order valence-corrected chi connectivity index (χ3v) is 2.94.